The number of benzene rings is 1. The smallest absolute Gasteiger partial charge is 0.475 e. The third kappa shape index (κ3) is 6.83. The molecule has 0 aromatic heterocycles. The van der Waals surface area contributed by atoms with Crippen LogP contribution in [0, 0.1) is 0 Å². The average molecular weight is 457 g/mol. The number of alkyl halides is 3. The van der Waals surface area contributed by atoms with Gasteiger partial charge < -0.3 is 20.1 Å². The van der Waals surface area contributed by atoms with Crippen molar-refractivity contribution in [3.05, 3.63) is 35.9 Å². The van der Waals surface area contributed by atoms with E-state index in [1.807, 2.05) is 4.90 Å². The van der Waals surface area contributed by atoms with E-state index in [4.69, 9.17) is 14.6 Å². The van der Waals surface area contributed by atoms with Crippen LogP contribution in [-0.2, 0) is 16.1 Å². The fourth-order valence-electron chi connectivity index (χ4n) is 4.53. The predicted molar refractivity (Wildman–Crippen MR) is 111 cm³/mol. The van der Waals surface area contributed by atoms with Gasteiger partial charge in [0.2, 0.25) is 0 Å². The van der Waals surface area contributed by atoms with Gasteiger partial charge in [-0.1, -0.05) is 30.3 Å². The van der Waals surface area contributed by atoms with Crippen molar-refractivity contribution in [2.45, 2.75) is 56.5 Å². The van der Waals surface area contributed by atoms with Gasteiger partial charge in [-0.15, -0.1) is 0 Å². The first-order chi connectivity index (χ1) is 15.2. The highest BCUT2D eigenvalue weighted by Gasteiger charge is 2.43. The number of carbonyl (C=O) groups is 2. The van der Waals surface area contributed by atoms with Crippen LogP contribution in [0.1, 0.15) is 37.7 Å². The van der Waals surface area contributed by atoms with Gasteiger partial charge in [0.15, 0.2) is 0 Å². The maximum Gasteiger partial charge on any atom is 0.490 e. The van der Waals surface area contributed by atoms with E-state index in [9.17, 15) is 18.0 Å². The molecule has 0 radical (unpaired) electrons. The SMILES string of the molecule is O=C(N[C@H]1CCO[C@]2(CCN(Cc3ccccc3)C2)C1)N1CCCC1.O=C(O)C(F)(F)F. The number of nitrogens with zero attached hydrogens (tertiary/aromatic N) is 2. The number of carboxylic acids is 1. The zero-order chi connectivity index (χ0) is 23.2. The van der Waals surface area contributed by atoms with Crippen LogP contribution in [0.25, 0.3) is 0 Å². The molecule has 3 fully saturated rings. The zero-order valence-corrected chi connectivity index (χ0v) is 17.9. The van der Waals surface area contributed by atoms with Crippen molar-refractivity contribution >= 4 is 12.0 Å². The van der Waals surface area contributed by atoms with Gasteiger partial charge in [-0.2, -0.15) is 13.2 Å². The summed E-state index contributed by atoms with van der Waals surface area (Å²) in [7, 11) is 0. The van der Waals surface area contributed by atoms with Gasteiger partial charge >= 0.3 is 18.2 Å². The van der Waals surface area contributed by atoms with Crippen LogP contribution >= 0.6 is 0 Å². The molecular formula is C22H30F3N3O4. The number of carbonyl (C=O) groups excluding carboxylic acids is 1. The Morgan fingerprint density at radius 2 is 1.81 bits per heavy atom. The van der Waals surface area contributed by atoms with Gasteiger partial charge in [0.25, 0.3) is 0 Å². The van der Waals surface area contributed by atoms with E-state index < -0.39 is 12.1 Å². The Balaban J connectivity index is 0.000000360. The van der Waals surface area contributed by atoms with E-state index >= 15 is 0 Å². The van der Waals surface area contributed by atoms with Crippen LogP contribution < -0.4 is 5.32 Å². The predicted octanol–water partition coefficient (Wildman–Crippen LogP) is 3.25. The minimum atomic E-state index is -5.08. The molecule has 7 nitrogen and oxygen atoms in total. The lowest BCUT2D eigenvalue weighted by Crippen LogP contribution is -2.52. The Morgan fingerprint density at radius 3 is 2.44 bits per heavy atom. The molecule has 0 unspecified atom stereocenters. The van der Waals surface area contributed by atoms with Crippen LogP contribution in [0.3, 0.4) is 0 Å². The Hall–Kier alpha value is -2.33. The quantitative estimate of drug-likeness (QED) is 0.728. The molecule has 10 heteroatoms. The van der Waals surface area contributed by atoms with E-state index in [1.165, 1.54) is 5.56 Å². The van der Waals surface area contributed by atoms with Crippen LogP contribution in [-0.4, -0.2) is 77.5 Å². The summed E-state index contributed by atoms with van der Waals surface area (Å²) in [5, 5.41) is 10.4. The lowest BCUT2D eigenvalue weighted by molar-refractivity contribution is -0.192. The summed E-state index contributed by atoms with van der Waals surface area (Å²) >= 11 is 0. The number of hydrogen-bond acceptors (Lipinski definition) is 4. The summed E-state index contributed by atoms with van der Waals surface area (Å²) in [6.07, 6.45) is 0.132. The van der Waals surface area contributed by atoms with Crippen LogP contribution in [0.2, 0.25) is 0 Å². The van der Waals surface area contributed by atoms with E-state index in [0.29, 0.717) is 0 Å². The fourth-order valence-corrected chi connectivity index (χ4v) is 4.53. The van der Waals surface area contributed by atoms with E-state index in [-0.39, 0.29) is 17.7 Å². The number of urea groups is 1. The number of carboxylic acid groups (broad SMARTS) is 1. The third-order valence-corrected chi connectivity index (χ3v) is 6.10. The molecule has 1 spiro atoms. The molecule has 2 N–H and O–H groups in total. The molecule has 3 saturated heterocycles. The van der Waals surface area contributed by atoms with Crippen molar-refractivity contribution in [1.82, 2.24) is 15.1 Å². The maximum atomic E-state index is 12.4. The standard InChI is InChI=1S/C20H29N3O2.C2HF3O2/c24-19(23-10-4-5-11-23)21-18-8-13-25-20(14-18)9-12-22(16-20)15-17-6-2-1-3-7-17;3-2(4,5)1(6)7/h1-3,6-7,18H,4-5,8-16H2,(H,21,24);(H,6,7)/t18-,20+;/m0./s1. The summed E-state index contributed by atoms with van der Waals surface area (Å²) in [5.74, 6) is -2.76. The molecule has 32 heavy (non-hydrogen) atoms. The first-order valence-corrected chi connectivity index (χ1v) is 10.9. The molecule has 2 amide bonds. The number of halogens is 3. The lowest BCUT2D eigenvalue weighted by Gasteiger charge is -2.39. The summed E-state index contributed by atoms with van der Waals surface area (Å²) in [4.78, 5) is 25.7. The summed E-state index contributed by atoms with van der Waals surface area (Å²) in [5.41, 5.74) is 1.28. The minimum absolute atomic E-state index is 0.0734. The van der Waals surface area contributed by atoms with Crippen molar-refractivity contribution < 1.29 is 32.6 Å². The van der Waals surface area contributed by atoms with Crippen molar-refractivity contribution in [2.75, 3.05) is 32.8 Å². The Morgan fingerprint density at radius 1 is 1.16 bits per heavy atom. The van der Waals surface area contributed by atoms with E-state index in [2.05, 4.69) is 40.5 Å². The third-order valence-electron chi connectivity index (χ3n) is 6.10. The second-order valence-corrected chi connectivity index (χ2v) is 8.61. The molecule has 0 aliphatic carbocycles. The summed E-state index contributed by atoms with van der Waals surface area (Å²) in [6, 6.07) is 11.0. The van der Waals surface area contributed by atoms with Crippen molar-refractivity contribution in [3.63, 3.8) is 0 Å². The number of likely N-dealkylation sites (tertiary alicyclic amines) is 2. The second-order valence-electron chi connectivity index (χ2n) is 8.61. The highest BCUT2D eigenvalue weighted by atomic mass is 19.4. The van der Waals surface area contributed by atoms with Gasteiger partial charge in [-0.05, 0) is 37.7 Å². The molecule has 3 aliphatic heterocycles. The average Bonchev–Trinajstić information content (AvgIpc) is 3.40. The number of hydrogen-bond donors (Lipinski definition) is 2. The van der Waals surface area contributed by atoms with Gasteiger partial charge in [0.05, 0.1) is 5.60 Å². The van der Waals surface area contributed by atoms with E-state index in [0.717, 1.165) is 71.4 Å². The number of rotatable bonds is 3. The molecule has 1 aromatic carbocycles. The van der Waals surface area contributed by atoms with Crippen LogP contribution in [0.4, 0.5) is 18.0 Å². The number of nitrogens with one attached hydrogen (secondary N) is 1. The first-order valence-electron chi connectivity index (χ1n) is 10.9. The van der Waals surface area contributed by atoms with Gasteiger partial charge in [0.1, 0.15) is 0 Å². The van der Waals surface area contributed by atoms with Gasteiger partial charge in [-0.3, -0.25) is 4.90 Å². The molecule has 3 heterocycles. The maximum absolute atomic E-state index is 12.4. The number of ether oxygens (including phenoxy) is 1. The first kappa shape index (κ1) is 24.3. The minimum Gasteiger partial charge on any atom is -0.475 e. The van der Waals surface area contributed by atoms with Crippen LogP contribution in [0.15, 0.2) is 30.3 Å². The van der Waals surface area contributed by atoms with Crippen LogP contribution in [0.5, 0.6) is 0 Å². The monoisotopic (exact) mass is 457 g/mol. The Bertz CT molecular complexity index is 771. The normalized spacial score (nSPS) is 26.0. The van der Waals surface area contributed by atoms with E-state index in [1.54, 1.807) is 0 Å². The number of amides is 2. The fraction of sp³-hybridized carbons (Fsp3) is 0.636. The van der Waals surface area contributed by atoms with Crippen molar-refractivity contribution in [3.8, 4) is 0 Å². The second kappa shape index (κ2) is 10.5. The van der Waals surface area contributed by atoms with Gasteiger partial charge in [-0.25, -0.2) is 9.59 Å². The molecular weight excluding hydrogens is 427 g/mol. The molecule has 0 bridgehead atoms. The number of aliphatic carboxylic acids is 1. The molecule has 2 atom stereocenters. The molecule has 178 valence electrons. The highest BCUT2D eigenvalue weighted by Crippen LogP contribution is 2.35. The summed E-state index contributed by atoms with van der Waals surface area (Å²) in [6.45, 7) is 5.59. The Labute approximate surface area is 185 Å². The Kier molecular flexibility index (Phi) is 8.00. The molecule has 0 saturated carbocycles. The largest absolute Gasteiger partial charge is 0.490 e. The summed E-state index contributed by atoms with van der Waals surface area (Å²) < 4.78 is 38.0. The van der Waals surface area contributed by atoms with Crippen molar-refractivity contribution in [2.24, 2.45) is 0 Å². The molecule has 1 aromatic rings. The molecule has 4 rings (SSSR count). The van der Waals surface area contributed by atoms with Crippen molar-refractivity contribution in [1.29, 1.82) is 0 Å². The lowest BCUT2D eigenvalue weighted by atomic mass is 9.89. The zero-order valence-electron chi connectivity index (χ0n) is 17.9. The highest BCUT2D eigenvalue weighted by molar-refractivity contribution is 5.74. The van der Waals surface area contributed by atoms with Gasteiger partial charge in [0, 0.05) is 45.4 Å². The topological polar surface area (TPSA) is 82.1 Å². The molecule has 3 aliphatic rings.